The largest absolute Gasteiger partial charge is 0.488 e. The first-order valence-electron chi connectivity index (χ1n) is 6.56. The van der Waals surface area contributed by atoms with Crippen molar-refractivity contribution in [3.8, 4) is 11.8 Å². The molecule has 1 aromatic carbocycles. The summed E-state index contributed by atoms with van der Waals surface area (Å²) in [5.74, 6) is 0.366. The number of benzene rings is 1. The molecule has 2 aromatic rings. The molecule has 0 bridgehead atoms. The summed E-state index contributed by atoms with van der Waals surface area (Å²) >= 11 is 0. The summed E-state index contributed by atoms with van der Waals surface area (Å²) < 4.78 is 7.01. The minimum absolute atomic E-state index is 0.150. The Morgan fingerprint density at radius 1 is 1.30 bits per heavy atom. The summed E-state index contributed by atoms with van der Waals surface area (Å²) in [6.07, 6.45) is 2.58. The van der Waals surface area contributed by atoms with E-state index in [1.54, 1.807) is 35.0 Å². The Morgan fingerprint density at radius 3 is 2.90 bits per heavy atom. The Morgan fingerprint density at radius 2 is 2.15 bits per heavy atom. The van der Waals surface area contributed by atoms with E-state index in [4.69, 9.17) is 10.00 Å². The van der Waals surface area contributed by atoms with Crippen LogP contribution in [0.2, 0.25) is 0 Å². The van der Waals surface area contributed by atoms with E-state index in [1.165, 1.54) is 0 Å². The second kappa shape index (κ2) is 6.58. The lowest BCUT2D eigenvalue weighted by atomic mass is 10.1. The van der Waals surface area contributed by atoms with Gasteiger partial charge in [-0.1, -0.05) is 19.1 Å². The third kappa shape index (κ3) is 3.27. The van der Waals surface area contributed by atoms with Crippen LogP contribution >= 0.6 is 0 Å². The molecule has 4 heteroatoms. The third-order valence-corrected chi connectivity index (χ3v) is 2.86. The molecule has 0 atom stereocenters. The third-order valence-electron chi connectivity index (χ3n) is 2.86. The highest BCUT2D eigenvalue weighted by Crippen LogP contribution is 2.08. The van der Waals surface area contributed by atoms with Crippen molar-refractivity contribution in [3.63, 3.8) is 0 Å². The minimum atomic E-state index is -0.150. The van der Waals surface area contributed by atoms with Crippen LogP contribution in [-0.4, -0.2) is 11.2 Å². The maximum absolute atomic E-state index is 12.2. The summed E-state index contributed by atoms with van der Waals surface area (Å²) in [4.78, 5) is 12.2. The summed E-state index contributed by atoms with van der Waals surface area (Å²) in [6.45, 7) is 2.95. The van der Waals surface area contributed by atoms with Gasteiger partial charge < -0.3 is 9.30 Å². The number of hydrogen-bond acceptors (Lipinski definition) is 3. The molecule has 102 valence electrons. The molecular formula is C16H16N2O2. The van der Waals surface area contributed by atoms with Gasteiger partial charge in [-0.2, -0.15) is 5.26 Å². The number of nitrogens with zero attached hydrogens (tertiary/aromatic N) is 2. The van der Waals surface area contributed by atoms with Gasteiger partial charge in [0.2, 0.25) is 0 Å². The van der Waals surface area contributed by atoms with Crippen LogP contribution in [0.25, 0.3) is 0 Å². The van der Waals surface area contributed by atoms with Crippen molar-refractivity contribution in [2.24, 2.45) is 0 Å². The van der Waals surface area contributed by atoms with Crippen molar-refractivity contribution in [1.29, 1.82) is 5.26 Å². The molecule has 0 amide bonds. The van der Waals surface area contributed by atoms with Crippen LogP contribution in [0.4, 0.5) is 0 Å². The van der Waals surface area contributed by atoms with E-state index in [9.17, 15) is 4.79 Å². The van der Waals surface area contributed by atoms with Gasteiger partial charge in [-0.05, 0) is 36.2 Å². The first-order chi connectivity index (χ1) is 9.74. The maximum atomic E-state index is 12.2. The molecule has 0 saturated heterocycles. The zero-order chi connectivity index (χ0) is 14.4. The first kappa shape index (κ1) is 13.9. The molecule has 4 nitrogen and oxygen atoms in total. The molecule has 0 saturated carbocycles. The number of nitriles is 1. The molecule has 0 aliphatic carbocycles. The lowest BCUT2D eigenvalue weighted by molar-refractivity contribution is 0.310. The average molecular weight is 268 g/mol. The second-order valence-corrected chi connectivity index (χ2v) is 4.47. The van der Waals surface area contributed by atoms with Gasteiger partial charge in [0, 0.05) is 6.20 Å². The number of pyridine rings is 1. The fraction of sp³-hybridized carbons (Fsp3) is 0.250. The van der Waals surface area contributed by atoms with Crippen LogP contribution in [0.5, 0.6) is 5.75 Å². The van der Waals surface area contributed by atoms with Crippen LogP contribution < -0.4 is 10.3 Å². The lowest BCUT2D eigenvalue weighted by Crippen LogP contribution is -2.22. The van der Waals surface area contributed by atoms with Gasteiger partial charge in [0.1, 0.15) is 0 Å². The molecule has 1 aromatic heterocycles. The monoisotopic (exact) mass is 268 g/mol. The van der Waals surface area contributed by atoms with E-state index < -0.39 is 0 Å². The Balaban J connectivity index is 2.25. The van der Waals surface area contributed by atoms with Crippen LogP contribution in [0, 0.1) is 11.3 Å². The van der Waals surface area contributed by atoms with Gasteiger partial charge in [-0.15, -0.1) is 0 Å². The van der Waals surface area contributed by atoms with Crippen molar-refractivity contribution < 1.29 is 4.74 Å². The Labute approximate surface area is 117 Å². The van der Waals surface area contributed by atoms with Crippen LogP contribution in [0.3, 0.4) is 0 Å². The van der Waals surface area contributed by atoms with Crippen LogP contribution in [0.15, 0.2) is 47.4 Å². The van der Waals surface area contributed by atoms with Crippen molar-refractivity contribution in [3.05, 3.63) is 64.1 Å². The summed E-state index contributed by atoms with van der Waals surface area (Å²) in [7, 11) is 0. The summed E-state index contributed by atoms with van der Waals surface area (Å²) in [5, 5.41) is 8.89. The molecule has 0 spiro atoms. The molecule has 20 heavy (non-hydrogen) atoms. The van der Waals surface area contributed by atoms with Crippen molar-refractivity contribution in [1.82, 2.24) is 4.57 Å². The van der Waals surface area contributed by atoms with Crippen molar-refractivity contribution >= 4 is 0 Å². The van der Waals surface area contributed by atoms with Gasteiger partial charge in [0.25, 0.3) is 5.56 Å². The van der Waals surface area contributed by atoms with Gasteiger partial charge in [-0.25, -0.2) is 0 Å². The summed E-state index contributed by atoms with van der Waals surface area (Å²) in [5.41, 5.74) is 1.36. The van der Waals surface area contributed by atoms with E-state index in [-0.39, 0.29) is 5.56 Å². The minimum Gasteiger partial charge on any atom is -0.488 e. The zero-order valence-corrected chi connectivity index (χ0v) is 11.4. The smallest absolute Gasteiger partial charge is 0.293 e. The molecule has 0 aliphatic heterocycles. The maximum Gasteiger partial charge on any atom is 0.293 e. The molecule has 0 unspecified atom stereocenters. The Kier molecular flexibility index (Phi) is 4.56. The van der Waals surface area contributed by atoms with E-state index in [2.05, 4.69) is 6.07 Å². The van der Waals surface area contributed by atoms with E-state index in [0.29, 0.717) is 24.5 Å². The zero-order valence-electron chi connectivity index (χ0n) is 11.4. The highest BCUT2D eigenvalue weighted by molar-refractivity contribution is 5.33. The quantitative estimate of drug-likeness (QED) is 0.837. The fourth-order valence-electron chi connectivity index (χ4n) is 1.90. The molecule has 0 radical (unpaired) electrons. The highest BCUT2D eigenvalue weighted by Gasteiger charge is 2.05. The SMILES string of the molecule is CCCOc1cccn(Cc2cccc(C#N)c2)c1=O. The van der Waals surface area contributed by atoms with Gasteiger partial charge >= 0.3 is 0 Å². The first-order valence-corrected chi connectivity index (χ1v) is 6.56. The van der Waals surface area contributed by atoms with E-state index in [0.717, 1.165) is 12.0 Å². The molecular weight excluding hydrogens is 252 g/mol. The molecule has 0 fully saturated rings. The van der Waals surface area contributed by atoms with Gasteiger partial charge in [0.05, 0.1) is 24.8 Å². The molecule has 0 aliphatic rings. The number of hydrogen-bond donors (Lipinski definition) is 0. The lowest BCUT2D eigenvalue weighted by Gasteiger charge is -2.09. The number of rotatable bonds is 5. The fourth-order valence-corrected chi connectivity index (χ4v) is 1.90. The Hall–Kier alpha value is -2.54. The topological polar surface area (TPSA) is 55.0 Å². The molecule has 1 heterocycles. The summed E-state index contributed by atoms with van der Waals surface area (Å²) in [6, 6.07) is 12.8. The molecule has 0 N–H and O–H groups in total. The predicted molar refractivity (Wildman–Crippen MR) is 76.7 cm³/mol. The normalized spacial score (nSPS) is 10.0. The van der Waals surface area contributed by atoms with Gasteiger partial charge in [-0.3, -0.25) is 4.79 Å². The standard InChI is InChI=1S/C16H16N2O2/c1-2-9-20-15-7-4-8-18(16(15)19)12-14-6-3-5-13(10-14)11-17/h3-8,10H,2,9,12H2,1H3. The highest BCUT2D eigenvalue weighted by atomic mass is 16.5. The van der Waals surface area contributed by atoms with Crippen molar-refractivity contribution in [2.75, 3.05) is 6.61 Å². The number of aromatic nitrogens is 1. The van der Waals surface area contributed by atoms with Gasteiger partial charge in [0.15, 0.2) is 5.75 Å². The number of ether oxygens (including phenoxy) is 1. The van der Waals surface area contributed by atoms with Crippen LogP contribution in [0.1, 0.15) is 24.5 Å². The van der Waals surface area contributed by atoms with Crippen molar-refractivity contribution in [2.45, 2.75) is 19.9 Å². The molecule has 2 rings (SSSR count). The Bertz CT molecular complexity index is 683. The van der Waals surface area contributed by atoms with E-state index >= 15 is 0 Å². The van der Waals surface area contributed by atoms with Crippen LogP contribution in [-0.2, 0) is 6.54 Å². The average Bonchev–Trinajstić information content (AvgIpc) is 2.48. The second-order valence-electron chi connectivity index (χ2n) is 4.47. The van der Waals surface area contributed by atoms with E-state index in [1.807, 2.05) is 19.1 Å². The predicted octanol–water partition coefficient (Wildman–Crippen LogP) is 2.56.